The molecule has 7 heteroatoms. The molecule has 4 rings (SSSR count). The van der Waals surface area contributed by atoms with Gasteiger partial charge in [-0.3, -0.25) is 4.98 Å². The van der Waals surface area contributed by atoms with Crippen molar-refractivity contribution in [3.63, 3.8) is 0 Å². The smallest absolute Gasteiger partial charge is 0.162 e. The second-order valence-corrected chi connectivity index (χ2v) is 10.2. The van der Waals surface area contributed by atoms with Gasteiger partial charge in [-0.25, -0.2) is 9.97 Å². The summed E-state index contributed by atoms with van der Waals surface area (Å²) in [7, 11) is 0. The van der Waals surface area contributed by atoms with Crippen LogP contribution in [0.3, 0.4) is 0 Å². The average molecular weight is 471 g/mol. The van der Waals surface area contributed by atoms with E-state index in [1.54, 1.807) is 29.8 Å². The number of pyridine rings is 1. The molecule has 0 fully saturated rings. The number of nitrogens with zero attached hydrogens (tertiary/aromatic N) is 3. The fourth-order valence-corrected chi connectivity index (χ4v) is 5.13. The zero-order valence-electron chi connectivity index (χ0n) is 19.8. The Labute approximate surface area is 204 Å². The van der Waals surface area contributed by atoms with Gasteiger partial charge in [0.2, 0.25) is 0 Å². The molecule has 3 aromatic heterocycles. The largest absolute Gasteiger partial charge is 0.398 e. The first-order valence-electron chi connectivity index (χ1n) is 11.4. The van der Waals surface area contributed by atoms with Crippen LogP contribution in [0.2, 0.25) is 0 Å². The van der Waals surface area contributed by atoms with Gasteiger partial charge in [-0.05, 0) is 42.0 Å². The second kappa shape index (κ2) is 10.1. The lowest BCUT2D eigenvalue weighted by Gasteiger charge is -2.18. The lowest BCUT2D eigenvalue weighted by molar-refractivity contribution is 0.602. The first kappa shape index (κ1) is 23.6. The predicted octanol–water partition coefficient (Wildman–Crippen LogP) is 6.04. The number of nitrogens with two attached hydrogens (primary N) is 1. The van der Waals surface area contributed by atoms with E-state index < -0.39 is 0 Å². The molecule has 3 heterocycles. The molecule has 4 N–H and O–H groups in total. The number of aryl methyl sites for hydroxylation is 1. The van der Waals surface area contributed by atoms with Crippen molar-refractivity contribution in [2.75, 3.05) is 11.9 Å². The van der Waals surface area contributed by atoms with Crippen LogP contribution in [0, 0.1) is 5.41 Å². The molecule has 0 bridgehead atoms. The number of fused-ring (bicyclic) bond motifs is 1. The van der Waals surface area contributed by atoms with E-state index in [0.717, 1.165) is 51.4 Å². The van der Waals surface area contributed by atoms with E-state index in [0.29, 0.717) is 11.5 Å². The van der Waals surface area contributed by atoms with E-state index in [4.69, 9.17) is 21.1 Å². The van der Waals surface area contributed by atoms with Gasteiger partial charge in [-0.15, -0.1) is 11.3 Å². The minimum atomic E-state index is -0.136. The normalized spacial score (nSPS) is 12.1. The third kappa shape index (κ3) is 5.15. The van der Waals surface area contributed by atoms with Crippen molar-refractivity contribution in [3.8, 4) is 11.4 Å². The highest BCUT2D eigenvalue weighted by Gasteiger charge is 2.27. The van der Waals surface area contributed by atoms with Crippen molar-refractivity contribution < 1.29 is 0 Å². The molecule has 34 heavy (non-hydrogen) atoms. The molecule has 4 aromatic rings. The highest BCUT2D eigenvalue weighted by Crippen LogP contribution is 2.43. The molecular weight excluding hydrogens is 440 g/mol. The standard InChI is InChI=1S/C27H30N6S/c1-27(2,3)24-21(20(29)11-14-28)22-23(34-24)26(31-15-7-10-18-8-5-4-6-9-18)33-25(32-22)19-12-16-30-17-13-19/h4-6,8-9,11-14,16-17,28H,7,10,15,29H2,1-3H3,(H,31,32,33)/b20-11-,28-14?. The third-order valence-electron chi connectivity index (χ3n) is 5.48. The summed E-state index contributed by atoms with van der Waals surface area (Å²) in [6.45, 7) is 7.30. The Balaban J connectivity index is 1.79. The molecule has 0 aliphatic heterocycles. The topological polar surface area (TPSA) is 101 Å². The number of aromatic nitrogens is 3. The van der Waals surface area contributed by atoms with Crippen LogP contribution in [0.4, 0.5) is 5.82 Å². The Bertz CT molecular complexity index is 1300. The molecule has 0 atom stereocenters. The lowest BCUT2D eigenvalue weighted by atomic mass is 9.90. The first-order valence-corrected chi connectivity index (χ1v) is 12.2. The van der Waals surface area contributed by atoms with Gasteiger partial charge >= 0.3 is 0 Å². The Morgan fingerprint density at radius 3 is 2.50 bits per heavy atom. The molecule has 6 nitrogen and oxygen atoms in total. The summed E-state index contributed by atoms with van der Waals surface area (Å²) >= 11 is 1.67. The minimum Gasteiger partial charge on any atom is -0.398 e. The van der Waals surface area contributed by atoms with Crippen molar-refractivity contribution in [1.29, 1.82) is 5.41 Å². The summed E-state index contributed by atoms with van der Waals surface area (Å²) in [5.74, 6) is 1.44. The summed E-state index contributed by atoms with van der Waals surface area (Å²) in [6.07, 6.45) is 8.32. The van der Waals surface area contributed by atoms with E-state index in [-0.39, 0.29) is 5.41 Å². The Morgan fingerprint density at radius 1 is 1.09 bits per heavy atom. The van der Waals surface area contributed by atoms with Crippen LogP contribution in [-0.4, -0.2) is 27.7 Å². The number of benzene rings is 1. The number of hydrogen-bond donors (Lipinski definition) is 3. The van der Waals surface area contributed by atoms with Crippen LogP contribution < -0.4 is 11.1 Å². The quantitative estimate of drug-likeness (QED) is 0.215. The molecule has 0 unspecified atom stereocenters. The first-order chi connectivity index (χ1) is 16.4. The predicted molar refractivity (Wildman–Crippen MR) is 144 cm³/mol. The molecule has 0 aliphatic rings. The van der Waals surface area contributed by atoms with Crippen molar-refractivity contribution in [2.24, 2.45) is 5.73 Å². The van der Waals surface area contributed by atoms with Crippen LogP contribution >= 0.6 is 11.3 Å². The maximum absolute atomic E-state index is 7.54. The summed E-state index contributed by atoms with van der Waals surface area (Å²) in [4.78, 5) is 15.1. The molecule has 1 aromatic carbocycles. The highest BCUT2D eigenvalue weighted by molar-refractivity contribution is 7.20. The van der Waals surface area contributed by atoms with Crippen molar-refractivity contribution in [3.05, 3.63) is 76.9 Å². The van der Waals surface area contributed by atoms with E-state index in [1.807, 2.05) is 18.2 Å². The van der Waals surface area contributed by atoms with Gasteiger partial charge in [-0.2, -0.15) is 0 Å². The Hall–Kier alpha value is -3.58. The maximum atomic E-state index is 7.54. The van der Waals surface area contributed by atoms with Crippen LogP contribution in [0.5, 0.6) is 0 Å². The third-order valence-corrected chi connectivity index (χ3v) is 7.09. The van der Waals surface area contributed by atoms with Crippen molar-refractivity contribution in [1.82, 2.24) is 15.0 Å². The van der Waals surface area contributed by atoms with Crippen LogP contribution in [0.25, 0.3) is 27.3 Å². The van der Waals surface area contributed by atoms with Gasteiger partial charge in [0.05, 0.1) is 10.2 Å². The SMILES string of the molecule is CC(C)(C)c1sc2c(NCCCc3ccccc3)nc(-c3ccncc3)nc2c1/C(N)=C/C=N. The van der Waals surface area contributed by atoms with Crippen LogP contribution in [0.15, 0.2) is 60.9 Å². The molecule has 174 valence electrons. The van der Waals surface area contributed by atoms with Gasteiger partial charge in [0, 0.05) is 46.9 Å². The number of rotatable bonds is 8. The molecule has 0 aliphatic carbocycles. The molecular formula is C27H30N6S. The summed E-state index contributed by atoms with van der Waals surface area (Å²) in [6, 6.07) is 14.3. The fraction of sp³-hybridized carbons (Fsp3) is 0.259. The van der Waals surface area contributed by atoms with E-state index >= 15 is 0 Å². The van der Waals surface area contributed by atoms with Gasteiger partial charge in [0.25, 0.3) is 0 Å². The molecule has 0 saturated heterocycles. The van der Waals surface area contributed by atoms with Crippen molar-refractivity contribution in [2.45, 2.75) is 39.0 Å². The Morgan fingerprint density at radius 2 is 1.82 bits per heavy atom. The summed E-state index contributed by atoms with van der Waals surface area (Å²) in [5, 5.41) is 11.1. The maximum Gasteiger partial charge on any atom is 0.162 e. The number of thiophene rings is 1. The van der Waals surface area contributed by atoms with Gasteiger partial charge in [0.1, 0.15) is 5.82 Å². The van der Waals surface area contributed by atoms with E-state index in [9.17, 15) is 0 Å². The van der Waals surface area contributed by atoms with Crippen LogP contribution in [-0.2, 0) is 11.8 Å². The number of hydrogen-bond acceptors (Lipinski definition) is 7. The number of allylic oxidation sites excluding steroid dienone is 1. The Kier molecular flexibility index (Phi) is 7.03. The molecule has 0 saturated carbocycles. The van der Waals surface area contributed by atoms with Gasteiger partial charge in [-0.1, -0.05) is 51.1 Å². The molecule has 0 spiro atoms. The molecule has 0 amide bonds. The van der Waals surface area contributed by atoms with Gasteiger partial charge < -0.3 is 16.5 Å². The molecule has 0 radical (unpaired) electrons. The minimum absolute atomic E-state index is 0.136. The lowest BCUT2D eigenvalue weighted by Crippen LogP contribution is -2.13. The monoisotopic (exact) mass is 470 g/mol. The van der Waals surface area contributed by atoms with Gasteiger partial charge in [0.15, 0.2) is 5.82 Å². The summed E-state index contributed by atoms with van der Waals surface area (Å²) in [5.41, 5.74) is 10.8. The second-order valence-electron chi connectivity index (χ2n) is 9.17. The van der Waals surface area contributed by atoms with Crippen molar-refractivity contribution >= 4 is 39.3 Å². The van der Waals surface area contributed by atoms with E-state index in [1.165, 1.54) is 11.8 Å². The van der Waals surface area contributed by atoms with E-state index in [2.05, 4.69) is 55.3 Å². The average Bonchev–Trinajstić information content (AvgIpc) is 3.24. The number of nitrogens with one attached hydrogen (secondary N) is 2. The zero-order chi connectivity index (χ0) is 24.1. The summed E-state index contributed by atoms with van der Waals surface area (Å²) < 4.78 is 0.985. The number of anilines is 1. The zero-order valence-corrected chi connectivity index (χ0v) is 20.6. The highest BCUT2D eigenvalue weighted by atomic mass is 32.1. The fourth-order valence-electron chi connectivity index (χ4n) is 3.84. The van der Waals surface area contributed by atoms with Crippen LogP contribution in [0.1, 0.15) is 43.2 Å².